The van der Waals surface area contributed by atoms with Crippen LogP contribution in [-0.2, 0) is 25.9 Å². The van der Waals surface area contributed by atoms with Gasteiger partial charge in [-0.2, -0.15) is 0 Å². The van der Waals surface area contributed by atoms with Crippen molar-refractivity contribution in [2.75, 3.05) is 6.54 Å². The normalized spacial score (nSPS) is 18.7. The van der Waals surface area contributed by atoms with Gasteiger partial charge in [-0.25, -0.2) is 4.98 Å². The minimum atomic E-state index is 0.0871. The molecule has 1 aliphatic heterocycles. The van der Waals surface area contributed by atoms with Crippen molar-refractivity contribution in [3.63, 3.8) is 0 Å². The molecule has 0 atom stereocenters. The Morgan fingerprint density at radius 3 is 2.69 bits per heavy atom. The van der Waals surface area contributed by atoms with E-state index in [2.05, 4.69) is 41.1 Å². The standard InChI is InChI=1S/C22H29N3O/c1-2-16-8-6-7-11-18(16)14-25-13-12-20-19(15-25)22(26)24-21(23-20)17-9-4-3-5-10-17/h6-8,11,17H,2-5,9-10,12-15H2,1H3,(H,23,24,26). The van der Waals surface area contributed by atoms with Crippen LogP contribution in [-0.4, -0.2) is 21.4 Å². The summed E-state index contributed by atoms with van der Waals surface area (Å²) >= 11 is 0. The average molecular weight is 351 g/mol. The first-order valence-corrected chi connectivity index (χ1v) is 10.2. The van der Waals surface area contributed by atoms with Gasteiger partial charge in [0.15, 0.2) is 0 Å². The number of aromatic amines is 1. The molecule has 0 amide bonds. The predicted molar refractivity (Wildman–Crippen MR) is 104 cm³/mol. The lowest BCUT2D eigenvalue weighted by atomic mass is 9.88. The van der Waals surface area contributed by atoms with Crippen LogP contribution in [0.3, 0.4) is 0 Å². The molecule has 0 spiro atoms. The number of rotatable bonds is 4. The number of fused-ring (bicyclic) bond motifs is 1. The van der Waals surface area contributed by atoms with Gasteiger partial charge in [0.2, 0.25) is 0 Å². The molecular formula is C22H29N3O. The van der Waals surface area contributed by atoms with Gasteiger partial charge in [0.05, 0.1) is 11.3 Å². The number of aromatic nitrogens is 2. The molecule has 2 heterocycles. The minimum Gasteiger partial charge on any atom is -0.310 e. The number of aryl methyl sites for hydroxylation is 1. The highest BCUT2D eigenvalue weighted by Gasteiger charge is 2.24. The van der Waals surface area contributed by atoms with Gasteiger partial charge in [0, 0.05) is 32.0 Å². The van der Waals surface area contributed by atoms with Crippen molar-refractivity contribution in [3.8, 4) is 0 Å². The lowest BCUT2D eigenvalue weighted by Gasteiger charge is -2.29. The molecule has 1 aromatic carbocycles. The summed E-state index contributed by atoms with van der Waals surface area (Å²) in [6.45, 7) is 4.80. The first kappa shape index (κ1) is 17.5. The van der Waals surface area contributed by atoms with Crippen LogP contribution in [0.2, 0.25) is 0 Å². The van der Waals surface area contributed by atoms with Crippen LogP contribution in [0.4, 0.5) is 0 Å². The van der Waals surface area contributed by atoms with E-state index in [1.807, 2.05) is 0 Å². The zero-order valence-electron chi connectivity index (χ0n) is 15.8. The van der Waals surface area contributed by atoms with E-state index in [1.165, 1.54) is 43.2 Å². The number of nitrogens with one attached hydrogen (secondary N) is 1. The number of nitrogens with zero attached hydrogens (tertiary/aromatic N) is 2. The molecular weight excluding hydrogens is 322 g/mol. The highest BCUT2D eigenvalue weighted by atomic mass is 16.1. The van der Waals surface area contributed by atoms with E-state index in [4.69, 9.17) is 4.98 Å². The molecule has 1 fully saturated rings. The molecule has 2 aliphatic rings. The van der Waals surface area contributed by atoms with Gasteiger partial charge in [0.1, 0.15) is 5.82 Å². The molecule has 1 saturated carbocycles. The highest BCUT2D eigenvalue weighted by Crippen LogP contribution is 2.30. The molecule has 2 aromatic rings. The van der Waals surface area contributed by atoms with Gasteiger partial charge in [-0.15, -0.1) is 0 Å². The molecule has 4 heteroatoms. The molecule has 1 aromatic heterocycles. The summed E-state index contributed by atoms with van der Waals surface area (Å²) in [5, 5.41) is 0. The monoisotopic (exact) mass is 351 g/mol. The molecule has 4 nitrogen and oxygen atoms in total. The third-order valence-corrected chi connectivity index (χ3v) is 6.05. The van der Waals surface area contributed by atoms with Crippen molar-refractivity contribution >= 4 is 0 Å². The van der Waals surface area contributed by atoms with Crippen LogP contribution in [0.5, 0.6) is 0 Å². The van der Waals surface area contributed by atoms with Crippen molar-refractivity contribution < 1.29 is 0 Å². The fourth-order valence-corrected chi connectivity index (χ4v) is 4.50. The SMILES string of the molecule is CCc1ccccc1CN1CCc2nc(C3CCCCC3)[nH]c(=O)c2C1. The summed E-state index contributed by atoms with van der Waals surface area (Å²) in [5.41, 5.74) is 4.78. The third kappa shape index (κ3) is 3.61. The van der Waals surface area contributed by atoms with Gasteiger partial charge >= 0.3 is 0 Å². The molecule has 4 rings (SSSR count). The van der Waals surface area contributed by atoms with Gasteiger partial charge in [0.25, 0.3) is 5.56 Å². The maximum atomic E-state index is 12.7. The van der Waals surface area contributed by atoms with Crippen LogP contribution in [0.1, 0.15) is 73.2 Å². The molecule has 0 unspecified atom stereocenters. The summed E-state index contributed by atoms with van der Waals surface area (Å²) < 4.78 is 0. The van der Waals surface area contributed by atoms with Crippen molar-refractivity contribution in [1.29, 1.82) is 0 Å². The smallest absolute Gasteiger partial charge is 0.255 e. The number of H-pyrrole nitrogens is 1. The second-order valence-electron chi connectivity index (χ2n) is 7.79. The maximum Gasteiger partial charge on any atom is 0.255 e. The largest absolute Gasteiger partial charge is 0.310 e. The highest BCUT2D eigenvalue weighted by molar-refractivity contribution is 5.28. The van der Waals surface area contributed by atoms with Gasteiger partial charge < -0.3 is 4.98 Å². The summed E-state index contributed by atoms with van der Waals surface area (Å²) in [6.07, 6.45) is 8.11. The Labute approximate surface area is 155 Å². The zero-order valence-corrected chi connectivity index (χ0v) is 15.8. The van der Waals surface area contributed by atoms with Crippen LogP contribution in [0, 0.1) is 0 Å². The Kier molecular flexibility index (Phi) is 5.21. The Hall–Kier alpha value is -1.94. The van der Waals surface area contributed by atoms with Crippen molar-refractivity contribution in [2.24, 2.45) is 0 Å². The Morgan fingerprint density at radius 1 is 1.15 bits per heavy atom. The van der Waals surface area contributed by atoms with Crippen LogP contribution < -0.4 is 5.56 Å². The van der Waals surface area contributed by atoms with E-state index >= 15 is 0 Å². The van der Waals surface area contributed by atoms with E-state index < -0.39 is 0 Å². The topological polar surface area (TPSA) is 49.0 Å². The fraction of sp³-hybridized carbons (Fsp3) is 0.545. The van der Waals surface area contributed by atoms with Crippen LogP contribution in [0.15, 0.2) is 29.1 Å². The van der Waals surface area contributed by atoms with Crippen molar-refractivity contribution in [3.05, 3.63) is 62.8 Å². The van der Waals surface area contributed by atoms with E-state index in [9.17, 15) is 4.79 Å². The Bertz CT molecular complexity index is 820. The molecule has 0 saturated heterocycles. The van der Waals surface area contributed by atoms with Crippen LogP contribution in [0.25, 0.3) is 0 Å². The number of hydrogen-bond acceptors (Lipinski definition) is 3. The van der Waals surface area contributed by atoms with Crippen molar-refractivity contribution in [2.45, 2.75) is 70.9 Å². The Morgan fingerprint density at radius 2 is 1.92 bits per heavy atom. The molecule has 138 valence electrons. The van der Waals surface area contributed by atoms with Gasteiger partial charge in [-0.05, 0) is 30.4 Å². The summed E-state index contributed by atoms with van der Waals surface area (Å²) in [5.74, 6) is 1.40. The average Bonchev–Trinajstić information content (AvgIpc) is 2.69. The quantitative estimate of drug-likeness (QED) is 0.908. The van der Waals surface area contributed by atoms with E-state index in [-0.39, 0.29) is 5.56 Å². The lowest BCUT2D eigenvalue weighted by Crippen LogP contribution is -2.36. The molecule has 1 aliphatic carbocycles. The van der Waals surface area contributed by atoms with E-state index in [0.717, 1.165) is 43.0 Å². The summed E-state index contributed by atoms with van der Waals surface area (Å²) in [4.78, 5) is 23.1. The summed E-state index contributed by atoms with van der Waals surface area (Å²) in [6, 6.07) is 8.63. The molecule has 0 bridgehead atoms. The van der Waals surface area contributed by atoms with E-state index in [1.54, 1.807) is 0 Å². The zero-order chi connectivity index (χ0) is 17.9. The second kappa shape index (κ2) is 7.75. The fourth-order valence-electron chi connectivity index (χ4n) is 4.50. The van der Waals surface area contributed by atoms with Gasteiger partial charge in [-0.3, -0.25) is 9.69 Å². The van der Waals surface area contributed by atoms with Crippen molar-refractivity contribution in [1.82, 2.24) is 14.9 Å². The lowest BCUT2D eigenvalue weighted by molar-refractivity contribution is 0.240. The first-order valence-electron chi connectivity index (χ1n) is 10.2. The maximum absolute atomic E-state index is 12.7. The molecule has 26 heavy (non-hydrogen) atoms. The number of hydrogen-bond donors (Lipinski definition) is 1. The Balaban J connectivity index is 1.53. The van der Waals surface area contributed by atoms with Gasteiger partial charge in [-0.1, -0.05) is 50.5 Å². The number of benzene rings is 1. The summed E-state index contributed by atoms with van der Waals surface area (Å²) in [7, 11) is 0. The second-order valence-corrected chi connectivity index (χ2v) is 7.79. The molecule has 1 N–H and O–H groups in total. The molecule has 0 radical (unpaired) electrons. The minimum absolute atomic E-state index is 0.0871. The van der Waals surface area contributed by atoms with E-state index in [0.29, 0.717) is 12.5 Å². The third-order valence-electron chi connectivity index (χ3n) is 6.05. The predicted octanol–water partition coefficient (Wildman–Crippen LogP) is 3.94. The van der Waals surface area contributed by atoms with Crippen LogP contribution >= 0.6 is 0 Å². The first-order chi connectivity index (χ1) is 12.7.